The van der Waals surface area contributed by atoms with E-state index in [2.05, 4.69) is 254 Å². The Kier molecular flexibility index (Phi) is 8.27. The van der Waals surface area contributed by atoms with Crippen molar-refractivity contribution in [1.29, 1.82) is 0 Å². The Balaban J connectivity index is 1.10. The Morgan fingerprint density at radius 1 is 0.306 bits per heavy atom. The quantitative estimate of drug-likeness (QED) is 0.155. The van der Waals surface area contributed by atoms with Crippen molar-refractivity contribution in [3.8, 4) is 33.4 Å². The predicted octanol–water partition coefficient (Wildman–Crippen LogP) is 15.7. The second-order valence-corrected chi connectivity index (χ2v) is 16.9. The first-order valence-corrected chi connectivity index (χ1v) is 21.7. The Labute approximate surface area is 363 Å². The lowest BCUT2D eigenvalue weighted by atomic mass is 9.67. The Hall–Kier alpha value is -7.74. The Morgan fingerprint density at radius 2 is 0.790 bits per heavy atom. The summed E-state index contributed by atoms with van der Waals surface area (Å²) in [6, 6.07) is 90.0. The summed E-state index contributed by atoms with van der Waals surface area (Å²) in [5, 5.41) is 2.43. The van der Waals surface area contributed by atoms with E-state index in [9.17, 15) is 0 Å². The van der Waals surface area contributed by atoms with E-state index in [1.807, 2.05) is 0 Å². The van der Waals surface area contributed by atoms with Gasteiger partial charge in [0.2, 0.25) is 0 Å². The van der Waals surface area contributed by atoms with Crippen LogP contribution in [-0.2, 0) is 10.8 Å². The number of rotatable bonds is 7. The number of hydrogen-bond acceptors (Lipinski definition) is 1. The number of nitrogens with zero attached hydrogens (tertiary/aromatic N) is 1. The van der Waals surface area contributed by atoms with Gasteiger partial charge in [0.1, 0.15) is 0 Å². The summed E-state index contributed by atoms with van der Waals surface area (Å²) in [5.74, 6) is 0. The van der Waals surface area contributed by atoms with Gasteiger partial charge in [0.05, 0.1) is 11.1 Å². The summed E-state index contributed by atoms with van der Waals surface area (Å²) in [6.07, 6.45) is 0. The molecule has 1 unspecified atom stereocenters. The predicted molar refractivity (Wildman–Crippen MR) is 259 cm³/mol. The van der Waals surface area contributed by atoms with Gasteiger partial charge in [-0.05, 0) is 121 Å². The maximum absolute atomic E-state index is 2.49. The number of hydrogen-bond donors (Lipinski definition) is 0. The van der Waals surface area contributed by atoms with Crippen molar-refractivity contribution in [3.63, 3.8) is 0 Å². The maximum Gasteiger partial charge on any atom is 0.0714 e. The molecule has 0 N–H and O–H groups in total. The van der Waals surface area contributed by atoms with Gasteiger partial charge in [-0.15, -0.1) is 0 Å². The van der Waals surface area contributed by atoms with Gasteiger partial charge in [-0.1, -0.05) is 206 Å². The van der Waals surface area contributed by atoms with Gasteiger partial charge in [-0.25, -0.2) is 0 Å². The molecule has 62 heavy (non-hydrogen) atoms. The van der Waals surface area contributed by atoms with Crippen LogP contribution in [0.2, 0.25) is 0 Å². The molecule has 0 fully saturated rings. The lowest BCUT2D eigenvalue weighted by Crippen LogP contribution is -2.28. The van der Waals surface area contributed by atoms with E-state index in [1.54, 1.807) is 0 Å². The summed E-state index contributed by atoms with van der Waals surface area (Å²) in [6.45, 7) is 2.40. The smallest absolute Gasteiger partial charge is 0.0714 e. The van der Waals surface area contributed by atoms with Gasteiger partial charge < -0.3 is 4.90 Å². The Morgan fingerprint density at radius 3 is 1.50 bits per heavy atom. The molecule has 0 aromatic heterocycles. The van der Waals surface area contributed by atoms with Gasteiger partial charge in [0.25, 0.3) is 0 Å². The molecule has 0 heterocycles. The molecule has 0 spiro atoms. The molecule has 0 bridgehead atoms. The second kappa shape index (κ2) is 14.2. The van der Waals surface area contributed by atoms with Gasteiger partial charge in [0.15, 0.2) is 0 Å². The van der Waals surface area contributed by atoms with Crippen LogP contribution in [0.5, 0.6) is 0 Å². The largest absolute Gasteiger partial charge is 0.310 e. The third-order valence-corrected chi connectivity index (χ3v) is 13.8. The molecule has 0 saturated carbocycles. The van der Waals surface area contributed by atoms with E-state index in [4.69, 9.17) is 0 Å². The van der Waals surface area contributed by atoms with Crippen LogP contribution in [0.25, 0.3) is 44.2 Å². The maximum atomic E-state index is 2.49. The van der Waals surface area contributed by atoms with E-state index in [0.29, 0.717) is 0 Å². The molecular weight excluding hydrogens is 747 g/mol. The fourth-order valence-corrected chi connectivity index (χ4v) is 11.0. The molecule has 12 rings (SSSR count). The average molecular weight is 790 g/mol. The number of para-hydroxylation sites is 1. The first-order valence-electron chi connectivity index (χ1n) is 21.7. The van der Waals surface area contributed by atoms with Crippen molar-refractivity contribution in [3.05, 3.63) is 282 Å². The van der Waals surface area contributed by atoms with Crippen LogP contribution in [-0.4, -0.2) is 0 Å². The third-order valence-electron chi connectivity index (χ3n) is 13.8. The molecule has 1 atom stereocenters. The van der Waals surface area contributed by atoms with Gasteiger partial charge >= 0.3 is 0 Å². The summed E-state index contributed by atoms with van der Waals surface area (Å²) in [5.41, 5.74) is 19.1. The zero-order valence-corrected chi connectivity index (χ0v) is 34.5. The lowest BCUT2D eigenvalue weighted by Gasteiger charge is -2.35. The van der Waals surface area contributed by atoms with Crippen LogP contribution < -0.4 is 4.90 Å². The monoisotopic (exact) mass is 789 g/mol. The van der Waals surface area contributed by atoms with Gasteiger partial charge in [-0.2, -0.15) is 0 Å². The molecule has 1 heteroatoms. The molecule has 2 aliphatic rings. The van der Waals surface area contributed by atoms with Crippen molar-refractivity contribution < 1.29 is 0 Å². The molecule has 1 nitrogen and oxygen atoms in total. The average Bonchev–Trinajstić information content (AvgIpc) is 3.79. The number of fused-ring (bicyclic) bond motifs is 7. The van der Waals surface area contributed by atoms with Crippen molar-refractivity contribution >= 4 is 27.8 Å². The van der Waals surface area contributed by atoms with Crippen molar-refractivity contribution in [2.75, 3.05) is 4.90 Å². The SMILES string of the molecule is CC1(c2ccccc2)c2ccccc2-c2ccc(-c3ccccc3N(c3ccc4c(c3)C(c3ccccc3)(c3ccccc3)c3ccccc3-4)c3ccc4ccccc4c3)cc21. The molecular formula is C61H43N. The number of benzene rings is 10. The highest BCUT2D eigenvalue weighted by Crippen LogP contribution is 2.58. The summed E-state index contributed by atoms with van der Waals surface area (Å²) >= 11 is 0. The highest BCUT2D eigenvalue weighted by molar-refractivity contribution is 5.96. The van der Waals surface area contributed by atoms with E-state index in [-0.39, 0.29) is 5.41 Å². The van der Waals surface area contributed by atoms with Crippen molar-refractivity contribution in [2.45, 2.75) is 17.8 Å². The Bertz CT molecular complexity index is 3270. The zero-order chi connectivity index (χ0) is 41.3. The van der Waals surface area contributed by atoms with E-state index < -0.39 is 5.41 Å². The highest BCUT2D eigenvalue weighted by atomic mass is 15.1. The molecule has 0 aliphatic heterocycles. The normalized spacial score (nSPS) is 15.4. The fourth-order valence-electron chi connectivity index (χ4n) is 11.0. The van der Waals surface area contributed by atoms with Crippen molar-refractivity contribution in [1.82, 2.24) is 0 Å². The topological polar surface area (TPSA) is 3.24 Å². The standard InChI is InChI=1S/C61H43N/c1-60(45-21-5-2-6-22-45)55-30-16-13-28-51(55)53-37-34-44(40-57(53)60)50-27-15-18-32-59(50)62(48-35-33-42-19-11-12-20-43(42)39-48)49-36-38-54-52-29-14-17-31-56(52)61(58(54)41-49,46-23-7-3-8-24-46)47-25-9-4-10-26-47/h2-41H,1H3. The molecule has 0 saturated heterocycles. The van der Waals surface area contributed by atoms with E-state index in [0.717, 1.165) is 17.1 Å². The van der Waals surface area contributed by atoms with Crippen LogP contribution in [0, 0.1) is 0 Å². The first kappa shape index (κ1) is 36.1. The first-order chi connectivity index (χ1) is 30.6. The fraction of sp³-hybridized carbons (Fsp3) is 0.0492. The minimum Gasteiger partial charge on any atom is -0.310 e. The second-order valence-electron chi connectivity index (χ2n) is 16.9. The molecule has 10 aromatic rings. The zero-order valence-electron chi connectivity index (χ0n) is 34.5. The summed E-state index contributed by atoms with van der Waals surface area (Å²) in [4.78, 5) is 2.49. The summed E-state index contributed by atoms with van der Waals surface area (Å²) in [7, 11) is 0. The van der Waals surface area contributed by atoms with Crippen LogP contribution in [0.15, 0.2) is 243 Å². The molecule has 0 radical (unpaired) electrons. The third kappa shape index (κ3) is 5.28. The minimum atomic E-state index is -0.518. The van der Waals surface area contributed by atoms with Gasteiger partial charge in [-0.3, -0.25) is 0 Å². The molecule has 10 aromatic carbocycles. The lowest BCUT2D eigenvalue weighted by molar-refractivity contribution is 0.714. The number of anilines is 3. The van der Waals surface area contributed by atoms with Crippen LogP contribution in [0.1, 0.15) is 45.9 Å². The van der Waals surface area contributed by atoms with E-state index in [1.165, 1.54) is 83.1 Å². The van der Waals surface area contributed by atoms with Gasteiger partial charge in [0, 0.05) is 22.4 Å². The van der Waals surface area contributed by atoms with Crippen LogP contribution >= 0.6 is 0 Å². The molecule has 0 amide bonds. The minimum absolute atomic E-state index is 0.302. The highest BCUT2D eigenvalue weighted by Gasteiger charge is 2.46. The summed E-state index contributed by atoms with van der Waals surface area (Å²) < 4.78 is 0. The molecule has 2 aliphatic carbocycles. The van der Waals surface area contributed by atoms with E-state index >= 15 is 0 Å². The van der Waals surface area contributed by atoms with Crippen molar-refractivity contribution in [2.24, 2.45) is 0 Å². The van der Waals surface area contributed by atoms with Crippen LogP contribution in [0.4, 0.5) is 17.1 Å². The molecule has 292 valence electrons. The van der Waals surface area contributed by atoms with Crippen LogP contribution in [0.3, 0.4) is 0 Å².